The molecular weight excluding hydrogens is 282 g/mol. The van der Waals surface area contributed by atoms with E-state index in [-0.39, 0.29) is 24.4 Å². The van der Waals surface area contributed by atoms with Gasteiger partial charge in [-0.25, -0.2) is 0 Å². The lowest BCUT2D eigenvalue weighted by Crippen LogP contribution is -2.47. The minimum atomic E-state index is -0.457. The zero-order valence-electron chi connectivity index (χ0n) is 13.0. The molecule has 0 aliphatic carbocycles. The van der Waals surface area contributed by atoms with Gasteiger partial charge >= 0.3 is 0 Å². The van der Waals surface area contributed by atoms with Crippen molar-refractivity contribution >= 4 is 11.8 Å². The van der Waals surface area contributed by atoms with E-state index in [2.05, 4.69) is 10.3 Å². The molecule has 1 aromatic heterocycles. The number of carbonyl (C=O) groups excluding carboxylic acids is 2. The Kier molecular flexibility index (Phi) is 5.46. The van der Waals surface area contributed by atoms with Crippen LogP contribution < -0.4 is 11.1 Å². The molecule has 2 heterocycles. The summed E-state index contributed by atoms with van der Waals surface area (Å²) in [6, 6.07) is 3.23. The van der Waals surface area contributed by atoms with Gasteiger partial charge in [0.1, 0.15) is 6.04 Å². The molecule has 0 unspecified atom stereocenters. The first-order valence-corrected chi connectivity index (χ1v) is 7.35. The van der Waals surface area contributed by atoms with Crippen LogP contribution in [-0.4, -0.2) is 65.9 Å². The number of rotatable bonds is 5. The molecule has 2 atom stereocenters. The summed E-state index contributed by atoms with van der Waals surface area (Å²) < 4.78 is 0. The van der Waals surface area contributed by atoms with Crippen molar-refractivity contribution < 1.29 is 9.59 Å². The monoisotopic (exact) mass is 305 g/mol. The zero-order chi connectivity index (χ0) is 16.1. The van der Waals surface area contributed by atoms with Gasteiger partial charge in [-0.3, -0.25) is 19.5 Å². The standard InChI is InChI=1S/C15H23N5O2/c1-17-15(22)13-7-12(16)9-20(13)14(21)10-19(2)8-11-3-5-18-6-4-11/h3-6,12-13H,7-10,16H2,1-2H3,(H,17,22)/t12-,13-/m0/s1. The molecule has 1 fully saturated rings. The van der Waals surface area contributed by atoms with Crippen molar-refractivity contribution in [1.82, 2.24) is 20.1 Å². The number of pyridine rings is 1. The van der Waals surface area contributed by atoms with E-state index < -0.39 is 6.04 Å². The van der Waals surface area contributed by atoms with Gasteiger partial charge in [-0.1, -0.05) is 0 Å². The van der Waals surface area contributed by atoms with Crippen LogP contribution in [0.2, 0.25) is 0 Å². The zero-order valence-corrected chi connectivity index (χ0v) is 13.0. The number of nitrogens with zero attached hydrogens (tertiary/aromatic N) is 3. The van der Waals surface area contributed by atoms with Crippen LogP contribution in [0.3, 0.4) is 0 Å². The molecule has 22 heavy (non-hydrogen) atoms. The normalized spacial score (nSPS) is 21.2. The largest absolute Gasteiger partial charge is 0.357 e. The third-order valence-corrected chi connectivity index (χ3v) is 3.81. The van der Waals surface area contributed by atoms with Crippen LogP contribution in [0.15, 0.2) is 24.5 Å². The molecular formula is C15H23N5O2. The predicted molar refractivity (Wildman–Crippen MR) is 82.7 cm³/mol. The van der Waals surface area contributed by atoms with Crippen molar-refractivity contribution in [2.45, 2.75) is 25.0 Å². The Labute approximate surface area is 130 Å². The van der Waals surface area contributed by atoms with Crippen molar-refractivity contribution in [3.05, 3.63) is 30.1 Å². The number of carbonyl (C=O) groups is 2. The number of likely N-dealkylation sites (N-methyl/N-ethyl adjacent to an activating group) is 2. The first-order chi connectivity index (χ1) is 10.5. The second kappa shape index (κ2) is 7.33. The summed E-state index contributed by atoms with van der Waals surface area (Å²) in [5.74, 6) is -0.226. The fourth-order valence-electron chi connectivity index (χ4n) is 2.74. The van der Waals surface area contributed by atoms with Crippen LogP contribution in [0.5, 0.6) is 0 Å². The fourth-order valence-corrected chi connectivity index (χ4v) is 2.74. The van der Waals surface area contributed by atoms with Gasteiger partial charge in [0.05, 0.1) is 6.54 Å². The maximum atomic E-state index is 12.5. The number of amides is 2. The van der Waals surface area contributed by atoms with Crippen molar-refractivity contribution in [3.8, 4) is 0 Å². The van der Waals surface area contributed by atoms with E-state index in [1.165, 1.54) is 0 Å². The lowest BCUT2D eigenvalue weighted by molar-refractivity contribution is -0.139. The number of hydrogen-bond donors (Lipinski definition) is 2. The van der Waals surface area contributed by atoms with Gasteiger partial charge in [-0.05, 0) is 31.2 Å². The van der Waals surface area contributed by atoms with Crippen molar-refractivity contribution in [2.24, 2.45) is 5.73 Å². The van der Waals surface area contributed by atoms with E-state index in [9.17, 15) is 9.59 Å². The van der Waals surface area contributed by atoms with Crippen molar-refractivity contribution in [2.75, 3.05) is 27.2 Å². The topological polar surface area (TPSA) is 91.6 Å². The van der Waals surface area contributed by atoms with E-state index in [0.717, 1.165) is 5.56 Å². The van der Waals surface area contributed by atoms with Crippen LogP contribution in [0.1, 0.15) is 12.0 Å². The second-order valence-corrected chi connectivity index (χ2v) is 5.70. The predicted octanol–water partition coefficient (Wildman–Crippen LogP) is -0.812. The number of aromatic nitrogens is 1. The van der Waals surface area contributed by atoms with E-state index in [0.29, 0.717) is 19.5 Å². The van der Waals surface area contributed by atoms with Crippen molar-refractivity contribution in [1.29, 1.82) is 0 Å². The summed E-state index contributed by atoms with van der Waals surface area (Å²) in [4.78, 5) is 31.8. The first kappa shape index (κ1) is 16.4. The highest BCUT2D eigenvalue weighted by molar-refractivity contribution is 5.89. The SMILES string of the molecule is CNC(=O)[C@@H]1C[C@H](N)CN1C(=O)CN(C)Cc1ccncc1. The average molecular weight is 305 g/mol. The van der Waals surface area contributed by atoms with Gasteiger partial charge in [-0.15, -0.1) is 0 Å². The van der Waals surface area contributed by atoms with Gasteiger partial charge in [0, 0.05) is 38.6 Å². The molecule has 2 rings (SSSR count). The Morgan fingerprint density at radius 3 is 2.77 bits per heavy atom. The Balaban J connectivity index is 1.94. The number of nitrogens with two attached hydrogens (primary N) is 1. The Morgan fingerprint density at radius 1 is 1.45 bits per heavy atom. The molecule has 1 aliphatic rings. The average Bonchev–Trinajstić information content (AvgIpc) is 2.89. The Hall–Kier alpha value is -1.99. The number of nitrogens with one attached hydrogen (secondary N) is 1. The minimum absolute atomic E-state index is 0.0712. The lowest BCUT2D eigenvalue weighted by atomic mass is 10.1. The minimum Gasteiger partial charge on any atom is -0.357 e. The molecule has 0 saturated carbocycles. The Bertz CT molecular complexity index is 522. The smallest absolute Gasteiger partial charge is 0.242 e. The molecule has 7 heteroatoms. The molecule has 1 aliphatic heterocycles. The van der Waals surface area contributed by atoms with E-state index in [1.807, 2.05) is 24.1 Å². The first-order valence-electron chi connectivity index (χ1n) is 7.35. The number of likely N-dealkylation sites (tertiary alicyclic amines) is 1. The molecule has 7 nitrogen and oxygen atoms in total. The summed E-state index contributed by atoms with van der Waals surface area (Å²) in [7, 11) is 3.45. The molecule has 3 N–H and O–H groups in total. The summed E-state index contributed by atoms with van der Waals surface area (Å²) in [6.45, 7) is 1.33. The van der Waals surface area contributed by atoms with Gasteiger partial charge in [0.15, 0.2) is 0 Å². The van der Waals surface area contributed by atoms with E-state index in [1.54, 1.807) is 24.3 Å². The molecule has 2 amide bonds. The third-order valence-electron chi connectivity index (χ3n) is 3.81. The molecule has 0 aromatic carbocycles. The summed E-state index contributed by atoms with van der Waals surface area (Å²) >= 11 is 0. The van der Waals surface area contributed by atoms with Gasteiger partial charge in [-0.2, -0.15) is 0 Å². The maximum Gasteiger partial charge on any atom is 0.242 e. The van der Waals surface area contributed by atoms with E-state index in [4.69, 9.17) is 5.73 Å². The molecule has 0 spiro atoms. The summed E-state index contributed by atoms with van der Waals surface area (Å²) in [5.41, 5.74) is 6.99. The molecule has 0 bridgehead atoms. The van der Waals surface area contributed by atoms with Crippen LogP contribution in [0, 0.1) is 0 Å². The quantitative estimate of drug-likeness (QED) is 0.742. The second-order valence-electron chi connectivity index (χ2n) is 5.70. The van der Waals surface area contributed by atoms with Gasteiger partial charge in [0.25, 0.3) is 0 Å². The van der Waals surface area contributed by atoms with E-state index >= 15 is 0 Å². The fraction of sp³-hybridized carbons (Fsp3) is 0.533. The summed E-state index contributed by atoms with van der Waals surface area (Å²) in [5, 5.41) is 2.60. The molecule has 1 aromatic rings. The maximum absolute atomic E-state index is 12.5. The van der Waals surface area contributed by atoms with Crippen LogP contribution >= 0.6 is 0 Å². The Morgan fingerprint density at radius 2 is 2.14 bits per heavy atom. The lowest BCUT2D eigenvalue weighted by Gasteiger charge is -2.26. The van der Waals surface area contributed by atoms with Crippen molar-refractivity contribution in [3.63, 3.8) is 0 Å². The number of hydrogen-bond acceptors (Lipinski definition) is 5. The highest BCUT2D eigenvalue weighted by Gasteiger charge is 2.37. The summed E-state index contributed by atoms with van der Waals surface area (Å²) in [6.07, 6.45) is 3.97. The van der Waals surface area contributed by atoms with Crippen LogP contribution in [-0.2, 0) is 16.1 Å². The molecule has 1 saturated heterocycles. The molecule has 0 radical (unpaired) electrons. The highest BCUT2D eigenvalue weighted by atomic mass is 16.2. The van der Waals surface area contributed by atoms with Gasteiger partial charge in [0.2, 0.25) is 11.8 Å². The molecule has 120 valence electrons. The third kappa shape index (κ3) is 4.02. The van der Waals surface area contributed by atoms with Crippen LogP contribution in [0.4, 0.5) is 0 Å². The van der Waals surface area contributed by atoms with Crippen LogP contribution in [0.25, 0.3) is 0 Å². The highest BCUT2D eigenvalue weighted by Crippen LogP contribution is 2.17. The van der Waals surface area contributed by atoms with Gasteiger partial charge < -0.3 is 16.0 Å².